The fourth-order valence-corrected chi connectivity index (χ4v) is 3.23. The molecule has 2 nitrogen and oxygen atoms in total. The zero-order valence-electron chi connectivity index (χ0n) is 10.8. The van der Waals surface area contributed by atoms with Crippen molar-refractivity contribution in [2.24, 2.45) is 0 Å². The summed E-state index contributed by atoms with van der Waals surface area (Å²) in [6.07, 6.45) is 6.11. The van der Waals surface area contributed by atoms with E-state index in [1.165, 1.54) is 40.1 Å². The average molecular weight is 260 g/mol. The van der Waals surface area contributed by atoms with Crippen LogP contribution in [-0.2, 0) is 22.4 Å². The molecule has 0 spiro atoms. The fourth-order valence-electron chi connectivity index (χ4n) is 3.23. The van der Waals surface area contributed by atoms with Gasteiger partial charge >= 0.3 is 0 Å². The summed E-state index contributed by atoms with van der Waals surface area (Å²) in [6, 6.07) is 10.3. The zero-order valence-corrected chi connectivity index (χ0v) is 10.8. The molecule has 0 aliphatic heterocycles. The summed E-state index contributed by atoms with van der Waals surface area (Å²) in [5.41, 5.74) is 4.00. The number of hydrogen-bond donors (Lipinski definition) is 0. The van der Waals surface area contributed by atoms with E-state index in [0.717, 1.165) is 18.4 Å². The molecule has 0 bridgehead atoms. The number of hydrogen-bond acceptors (Lipinski definition) is 2. The number of allylic oxidation sites excluding steroid dienone is 4. The molecular weight excluding hydrogens is 248 g/mol. The smallest absolute Gasteiger partial charge is 0.186 e. The first kappa shape index (κ1) is 11.4. The second-order valence-electron chi connectivity index (χ2n) is 5.26. The van der Waals surface area contributed by atoms with Crippen LogP contribution in [0.1, 0.15) is 16.7 Å². The Kier molecular flexibility index (Phi) is 2.27. The standard InChI is InChI=1S/C18H12O2/c19-13-6-9-17(20)16(10-13)14-7-4-11-2-1-3-12-5-8-15(14)18(11)12/h1-4,6-7,9-10H,5,8H2. The molecule has 20 heavy (non-hydrogen) atoms. The van der Waals surface area contributed by atoms with Crippen LogP contribution in [0.4, 0.5) is 0 Å². The summed E-state index contributed by atoms with van der Waals surface area (Å²) < 4.78 is 0. The molecule has 2 aliphatic carbocycles. The number of aryl methyl sites for hydroxylation is 2. The van der Waals surface area contributed by atoms with Gasteiger partial charge < -0.3 is 0 Å². The highest BCUT2D eigenvalue weighted by molar-refractivity contribution is 6.34. The van der Waals surface area contributed by atoms with Crippen molar-refractivity contribution in [3.8, 4) is 0 Å². The third-order valence-electron chi connectivity index (χ3n) is 4.12. The average Bonchev–Trinajstić information content (AvgIpc) is 2.89. The van der Waals surface area contributed by atoms with Gasteiger partial charge in [0.15, 0.2) is 11.6 Å². The Hall–Kier alpha value is -2.48. The van der Waals surface area contributed by atoms with Gasteiger partial charge in [0.25, 0.3) is 0 Å². The highest BCUT2D eigenvalue weighted by Gasteiger charge is 2.23. The zero-order chi connectivity index (χ0) is 13.7. The first-order valence-electron chi connectivity index (χ1n) is 6.76. The number of rotatable bonds is 1. The molecule has 0 radical (unpaired) electrons. The van der Waals surface area contributed by atoms with Gasteiger partial charge in [0, 0.05) is 5.57 Å². The minimum absolute atomic E-state index is 0.0791. The third kappa shape index (κ3) is 1.51. The van der Waals surface area contributed by atoms with Crippen LogP contribution < -0.4 is 0 Å². The molecule has 96 valence electrons. The normalized spacial score (nSPS) is 16.9. The molecule has 0 fully saturated rings. The van der Waals surface area contributed by atoms with Crippen LogP contribution >= 0.6 is 0 Å². The number of benzene rings is 2. The van der Waals surface area contributed by atoms with Crippen LogP contribution in [0.3, 0.4) is 0 Å². The van der Waals surface area contributed by atoms with E-state index in [4.69, 9.17) is 0 Å². The highest BCUT2D eigenvalue weighted by atomic mass is 16.1. The lowest BCUT2D eigenvalue weighted by Gasteiger charge is -2.12. The van der Waals surface area contributed by atoms with Crippen LogP contribution in [0, 0.1) is 0 Å². The molecule has 2 aromatic carbocycles. The van der Waals surface area contributed by atoms with Crippen LogP contribution in [0.5, 0.6) is 0 Å². The topological polar surface area (TPSA) is 34.1 Å². The quantitative estimate of drug-likeness (QED) is 0.738. The van der Waals surface area contributed by atoms with Crippen LogP contribution in [0.25, 0.3) is 16.3 Å². The lowest BCUT2D eigenvalue weighted by atomic mass is 9.90. The van der Waals surface area contributed by atoms with E-state index in [2.05, 4.69) is 18.2 Å². The van der Waals surface area contributed by atoms with Gasteiger partial charge in [0.1, 0.15) is 0 Å². The lowest BCUT2D eigenvalue weighted by molar-refractivity contribution is -0.113. The van der Waals surface area contributed by atoms with E-state index < -0.39 is 0 Å². The molecule has 0 unspecified atom stereocenters. The minimum atomic E-state index is -0.113. The summed E-state index contributed by atoms with van der Waals surface area (Å²) >= 11 is 0. The molecule has 0 amide bonds. The van der Waals surface area contributed by atoms with Crippen molar-refractivity contribution in [3.63, 3.8) is 0 Å². The van der Waals surface area contributed by atoms with Crippen molar-refractivity contribution in [2.45, 2.75) is 12.8 Å². The fraction of sp³-hybridized carbons (Fsp3) is 0.111. The van der Waals surface area contributed by atoms with Crippen molar-refractivity contribution in [1.29, 1.82) is 0 Å². The number of carbonyl (C=O) groups excluding carboxylic acids is 2. The predicted octanol–water partition coefficient (Wildman–Crippen LogP) is 3.03. The van der Waals surface area contributed by atoms with Crippen LogP contribution in [-0.4, -0.2) is 11.6 Å². The van der Waals surface area contributed by atoms with Gasteiger partial charge in [0.05, 0.1) is 0 Å². The van der Waals surface area contributed by atoms with Gasteiger partial charge in [-0.15, -0.1) is 0 Å². The summed E-state index contributed by atoms with van der Waals surface area (Å²) in [6.45, 7) is 0. The maximum absolute atomic E-state index is 12.1. The SMILES string of the molecule is O=C1C=CC(=O)C(c2ccc3cccc4c3c2CC4)=C1. The molecule has 4 rings (SSSR count). The number of ketones is 2. The third-order valence-corrected chi connectivity index (χ3v) is 4.12. The van der Waals surface area contributed by atoms with Crippen molar-refractivity contribution < 1.29 is 9.59 Å². The maximum atomic E-state index is 12.1. The lowest BCUT2D eigenvalue weighted by Crippen LogP contribution is -2.08. The molecular formula is C18H12O2. The molecule has 0 heterocycles. The number of carbonyl (C=O) groups is 2. The maximum Gasteiger partial charge on any atom is 0.186 e. The second kappa shape index (κ2) is 4.01. The van der Waals surface area contributed by atoms with Crippen molar-refractivity contribution in [1.82, 2.24) is 0 Å². The Balaban J connectivity index is 2.00. The molecule has 2 aromatic rings. The Bertz CT molecular complexity index is 838. The highest BCUT2D eigenvalue weighted by Crippen LogP contribution is 2.36. The molecule has 0 atom stereocenters. The van der Waals surface area contributed by atoms with Crippen molar-refractivity contribution in [2.75, 3.05) is 0 Å². The summed E-state index contributed by atoms with van der Waals surface area (Å²) in [4.78, 5) is 23.6. The predicted molar refractivity (Wildman–Crippen MR) is 78.5 cm³/mol. The monoisotopic (exact) mass is 260 g/mol. The van der Waals surface area contributed by atoms with Gasteiger partial charge in [0.2, 0.25) is 0 Å². The largest absolute Gasteiger partial charge is 0.290 e. The molecule has 2 heteroatoms. The van der Waals surface area contributed by atoms with Crippen molar-refractivity contribution >= 4 is 27.9 Å². The Morgan fingerprint density at radius 2 is 1.80 bits per heavy atom. The van der Waals surface area contributed by atoms with Crippen molar-refractivity contribution in [3.05, 3.63) is 65.3 Å². The van der Waals surface area contributed by atoms with E-state index in [9.17, 15) is 9.59 Å². The molecule has 0 aromatic heterocycles. The summed E-state index contributed by atoms with van der Waals surface area (Å²) in [7, 11) is 0. The first-order chi connectivity index (χ1) is 9.74. The Morgan fingerprint density at radius 3 is 2.70 bits per heavy atom. The molecule has 0 saturated carbocycles. The van der Waals surface area contributed by atoms with E-state index in [1.807, 2.05) is 12.1 Å². The van der Waals surface area contributed by atoms with Gasteiger partial charge in [-0.1, -0.05) is 30.3 Å². The first-order valence-corrected chi connectivity index (χ1v) is 6.76. The van der Waals surface area contributed by atoms with Crippen LogP contribution in [0.2, 0.25) is 0 Å². The molecule has 2 aliphatic rings. The van der Waals surface area contributed by atoms with E-state index in [1.54, 1.807) is 0 Å². The molecule has 0 saturated heterocycles. The minimum Gasteiger partial charge on any atom is -0.290 e. The second-order valence-corrected chi connectivity index (χ2v) is 5.26. The van der Waals surface area contributed by atoms with Gasteiger partial charge in [-0.25, -0.2) is 0 Å². The Labute approximate surface area is 116 Å². The van der Waals surface area contributed by atoms with E-state index in [-0.39, 0.29) is 11.6 Å². The Morgan fingerprint density at radius 1 is 0.900 bits per heavy atom. The summed E-state index contributed by atoms with van der Waals surface area (Å²) in [5, 5.41) is 2.48. The van der Waals surface area contributed by atoms with Crippen LogP contribution in [0.15, 0.2) is 48.6 Å². The molecule has 0 N–H and O–H groups in total. The van der Waals surface area contributed by atoms with Gasteiger partial charge in [-0.05, 0) is 58.5 Å². The summed E-state index contributed by atoms with van der Waals surface area (Å²) in [5.74, 6) is -0.192. The van der Waals surface area contributed by atoms with E-state index in [0.29, 0.717) is 5.57 Å². The van der Waals surface area contributed by atoms with E-state index >= 15 is 0 Å². The van der Waals surface area contributed by atoms with Gasteiger partial charge in [-0.3, -0.25) is 9.59 Å². The van der Waals surface area contributed by atoms with Gasteiger partial charge in [-0.2, -0.15) is 0 Å².